The molecule has 1 aliphatic heterocycles. The normalized spacial score (nSPS) is 42.1. The summed E-state index contributed by atoms with van der Waals surface area (Å²) in [5.41, 5.74) is 1.17. The molecule has 4 aliphatic carbocycles. The summed E-state index contributed by atoms with van der Waals surface area (Å²) in [7, 11) is 3.54. The van der Waals surface area contributed by atoms with Crippen LogP contribution in [0.2, 0.25) is 0 Å². The maximum atomic E-state index is 11.9. The van der Waals surface area contributed by atoms with E-state index in [2.05, 4.69) is 16.8 Å². The predicted octanol–water partition coefficient (Wildman–Crippen LogP) is 2.22. The Morgan fingerprint density at radius 2 is 1.76 bits per heavy atom. The number of esters is 1. The van der Waals surface area contributed by atoms with Crippen molar-refractivity contribution in [3.05, 3.63) is 11.8 Å². The Labute approximate surface area is 127 Å². The summed E-state index contributed by atoms with van der Waals surface area (Å²) in [6, 6.07) is 0. The highest BCUT2D eigenvalue weighted by molar-refractivity contribution is 5.88. The van der Waals surface area contributed by atoms with Gasteiger partial charge in [0.2, 0.25) is 0 Å². The fourth-order valence-corrected chi connectivity index (χ4v) is 5.89. The second-order valence-corrected chi connectivity index (χ2v) is 7.88. The van der Waals surface area contributed by atoms with Crippen molar-refractivity contribution in [3.63, 3.8) is 0 Å². The van der Waals surface area contributed by atoms with E-state index in [4.69, 9.17) is 4.74 Å². The summed E-state index contributed by atoms with van der Waals surface area (Å²) < 4.78 is 4.94. The molecule has 4 fully saturated rings. The monoisotopic (exact) mass is 290 g/mol. The highest BCUT2D eigenvalue weighted by Crippen LogP contribution is 2.58. The van der Waals surface area contributed by atoms with Gasteiger partial charge >= 0.3 is 5.97 Å². The molecule has 21 heavy (non-hydrogen) atoms. The van der Waals surface area contributed by atoms with Crippen molar-refractivity contribution in [1.29, 1.82) is 0 Å². The van der Waals surface area contributed by atoms with E-state index in [1.54, 1.807) is 0 Å². The molecular weight excluding hydrogens is 264 g/mol. The van der Waals surface area contributed by atoms with E-state index in [0.29, 0.717) is 5.54 Å². The fraction of sp³-hybridized carbons (Fsp3) is 0.824. The minimum atomic E-state index is -0.170. The van der Waals surface area contributed by atoms with Crippen LogP contribution in [0.5, 0.6) is 0 Å². The van der Waals surface area contributed by atoms with Gasteiger partial charge in [-0.15, -0.1) is 0 Å². The molecular formula is C17H26N2O2. The molecule has 0 aromatic heterocycles. The van der Waals surface area contributed by atoms with Gasteiger partial charge in [-0.2, -0.15) is 0 Å². The van der Waals surface area contributed by atoms with E-state index in [1.165, 1.54) is 45.6 Å². The minimum absolute atomic E-state index is 0.170. The molecule has 4 nitrogen and oxygen atoms in total. The maximum Gasteiger partial charge on any atom is 0.336 e. The minimum Gasteiger partial charge on any atom is -0.466 e. The van der Waals surface area contributed by atoms with Gasteiger partial charge < -0.3 is 9.64 Å². The number of rotatable bonds is 2. The lowest BCUT2D eigenvalue weighted by Crippen LogP contribution is -2.62. The smallest absolute Gasteiger partial charge is 0.336 e. The molecule has 0 unspecified atom stereocenters. The van der Waals surface area contributed by atoms with Crippen molar-refractivity contribution in [2.24, 2.45) is 17.8 Å². The summed E-state index contributed by atoms with van der Waals surface area (Å²) >= 11 is 0. The predicted molar refractivity (Wildman–Crippen MR) is 80.3 cm³/mol. The zero-order chi connectivity index (χ0) is 14.6. The lowest BCUT2D eigenvalue weighted by molar-refractivity contribution is -0.138. The second-order valence-electron chi connectivity index (χ2n) is 7.88. The number of hydrogen-bond acceptors (Lipinski definition) is 4. The van der Waals surface area contributed by atoms with Crippen LogP contribution < -0.4 is 0 Å². The molecule has 0 radical (unpaired) electrons. The highest BCUT2D eigenvalue weighted by atomic mass is 16.5. The van der Waals surface area contributed by atoms with Crippen molar-refractivity contribution in [1.82, 2.24) is 9.80 Å². The van der Waals surface area contributed by atoms with Gasteiger partial charge in [-0.25, -0.2) is 4.79 Å². The van der Waals surface area contributed by atoms with Gasteiger partial charge in [-0.3, -0.25) is 4.90 Å². The topological polar surface area (TPSA) is 32.8 Å². The van der Waals surface area contributed by atoms with Gasteiger partial charge in [0.15, 0.2) is 0 Å². The first-order valence-electron chi connectivity index (χ1n) is 8.32. The van der Waals surface area contributed by atoms with Gasteiger partial charge in [-0.05, 0) is 56.3 Å². The Hall–Kier alpha value is -1.03. The molecule has 0 aromatic rings. The Bertz CT molecular complexity index is 450. The zero-order valence-corrected chi connectivity index (χ0v) is 13.2. The Morgan fingerprint density at radius 3 is 2.29 bits per heavy atom. The zero-order valence-electron chi connectivity index (χ0n) is 13.2. The van der Waals surface area contributed by atoms with Gasteiger partial charge in [0.1, 0.15) is 0 Å². The van der Waals surface area contributed by atoms with Gasteiger partial charge in [-0.1, -0.05) is 0 Å². The molecule has 5 aliphatic rings. The molecule has 0 aromatic carbocycles. The van der Waals surface area contributed by atoms with Crippen LogP contribution in [0.15, 0.2) is 11.8 Å². The van der Waals surface area contributed by atoms with Crippen molar-refractivity contribution in [3.8, 4) is 0 Å². The maximum absolute atomic E-state index is 11.9. The molecule has 0 saturated heterocycles. The standard InChI is InChI=1S/C17H26N2O2/c1-18-9-15(16(20)21-2)10-19(11-18)17-6-12-3-13(7-17)5-14(4-12)8-17/h9,12-14H,3-8,10-11H2,1-2H3. The van der Waals surface area contributed by atoms with Crippen LogP contribution in [0.3, 0.4) is 0 Å². The number of carbonyl (C=O) groups excluding carboxylic acids is 1. The quantitative estimate of drug-likeness (QED) is 0.730. The van der Waals surface area contributed by atoms with E-state index in [1.807, 2.05) is 6.20 Å². The number of carbonyl (C=O) groups is 1. The lowest BCUT2D eigenvalue weighted by atomic mass is 9.52. The van der Waals surface area contributed by atoms with Crippen molar-refractivity contribution in [2.75, 3.05) is 27.4 Å². The number of nitrogens with zero attached hydrogens (tertiary/aromatic N) is 2. The molecule has 1 heterocycles. The molecule has 0 amide bonds. The molecule has 5 rings (SSSR count). The Morgan fingerprint density at radius 1 is 1.19 bits per heavy atom. The first-order chi connectivity index (χ1) is 10.1. The average molecular weight is 290 g/mol. The second kappa shape index (κ2) is 4.73. The van der Waals surface area contributed by atoms with Gasteiger partial charge in [0.05, 0.1) is 19.4 Å². The molecule has 0 atom stereocenters. The number of methoxy groups -OCH3 is 1. The fourth-order valence-electron chi connectivity index (χ4n) is 5.89. The molecule has 4 saturated carbocycles. The SMILES string of the molecule is COC(=O)C1=CN(C)CN(C23CC4CC(CC(C4)C2)C3)C1. The molecule has 4 heteroatoms. The summed E-state index contributed by atoms with van der Waals surface area (Å²) in [5, 5.41) is 0. The van der Waals surface area contributed by atoms with E-state index in [9.17, 15) is 4.79 Å². The summed E-state index contributed by atoms with van der Waals surface area (Å²) in [4.78, 5) is 16.7. The van der Waals surface area contributed by atoms with Crippen molar-refractivity contribution in [2.45, 2.75) is 44.1 Å². The Balaban J connectivity index is 1.59. The third-order valence-corrected chi connectivity index (χ3v) is 6.26. The van der Waals surface area contributed by atoms with Crippen LogP contribution in [0.4, 0.5) is 0 Å². The van der Waals surface area contributed by atoms with Crippen molar-refractivity contribution >= 4 is 5.97 Å². The first-order valence-corrected chi connectivity index (χ1v) is 8.32. The first kappa shape index (κ1) is 13.6. The third kappa shape index (κ3) is 2.19. The van der Waals surface area contributed by atoms with Crippen LogP contribution in [0, 0.1) is 17.8 Å². The summed E-state index contributed by atoms with van der Waals surface area (Å²) in [6.45, 7) is 1.72. The van der Waals surface area contributed by atoms with Crippen LogP contribution in [0.1, 0.15) is 38.5 Å². The largest absolute Gasteiger partial charge is 0.466 e. The van der Waals surface area contributed by atoms with Gasteiger partial charge in [0.25, 0.3) is 0 Å². The van der Waals surface area contributed by atoms with Crippen LogP contribution in [-0.4, -0.2) is 48.7 Å². The van der Waals surface area contributed by atoms with E-state index in [-0.39, 0.29) is 5.97 Å². The molecule has 0 spiro atoms. The highest BCUT2D eigenvalue weighted by Gasteiger charge is 2.54. The van der Waals surface area contributed by atoms with Crippen molar-refractivity contribution < 1.29 is 9.53 Å². The van der Waals surface area contributed by atoms with Gasteiger partial charge in [0, 0.05) is 25.3 Å². The molecule has 4 bridgehead atoms. The van der Waals surface area contributed by atoms with E-state index >= 15 is 0 Å². The molecule has 116 valence electrons. The van der Waals surface area contributed by atoms with Crippen LogP contribution in [0.25, 0.3) is 0 Å². The lowest BCUT2D eigenvalue weighted by Gasteiger charge is -2.61. The van der Waals surface area contributed by atoms with Crippen LogP contribution >= 0.6 is 0 Å². The average Bonchev–Trinajstić information content (AvgIpc) is 2.44. The number of hydrogen-bond donors (Lipinski definition) is 0. The molecule has 0 N–H and O–H groups in total. The summed E-state index contributed by atoms with van der Waals surface area (Å²) in [6.07, 6.45) is 10.4. The third-order valence-electron chi connectivity index (χ3n) is 6.26. The van der Waals surface area contributed by atoms with E-state index in [0.717, 1.165) is 36.5 Å². The van der Waals surface area contributed by atoms with Crippen LogP contribution in [-0.2, 0) is 9.53 Å². The summed E-state index contributed by atoms with van der Waals surface area (Å²) in [5.74, 6) is 2.65. The Kier molecular flexibility index (Phi) is 3.07. The number of ether oxygens (including phenoxy) is 1. The van der Waals surface area contributed by atoms with E-state index < -0.39 is 0 Å².